The molecule has 0 fully saturated rings. The van der Waals surface area contributed by atoms with Gasteiger partial charge in [0.05, 0.1) is 22.6 Å². The number of nitrogens with one attached hydrogen (secondary N) is 1. The third-order valence-electron chi connectivity index (χ3n) is 4.86. The topological polar surface area (TPSA) is 64.0 Å². The van der Waals surface area contributed by atoms with Crippen LogP contribution >= 0.6 is 11.8 Å². The molecule has 0 bridgehead atoms. The van der Waals surface area contributed by atoms with Crippen molar-refractivity contribution in [2.24, 2.45) is 0 Å². The fourth-order valence-electron chi connectivity index (χ4n) is 3.12. The molecule has 1 amide bonds. The van der Waals surface area contributed by atoms with Crippen molar-refractivity contribution in [3.8, 4) is 5.69 Å². The van der Waals surface area contributed by atoms with E-state index >= 15 is 0 Å². The standard InChI is InChI=1S/C23H25N3O2S/c1-15-10-11-20(14-16(15)2)29-13-12-24-23(28)22(27)21-17(3)25-26(18(21)4)19-8-6-5-7-9-19/h5-11,14H,12-13H2,1-4H3,(H,24,28). The highest BCUT2D eigenvalue weighted by molar-refractivity contribution is 7.99. The van der Waals surface area contributed by atoms with Crippen molar-refractivity contribution in [3.63, 3.8) is 0 Å². The van der Waals surface area contributed by atoms with Crippen LogP contribution in [0.3, 0.4) is 0 Å². The molecule has 5 nitrogen and oxygen atoms in total. The Bertz CT molecular complexity index is 1040. The summed E-state index contributed by atoms with van der Waals surface area (Å²) in [5.41, 5.74) is 4.95. The molecule has 0 aliphatic heterocycles. The summed E-state index contributed by atoms with van der Waals surface area (Å²) >= 11 is 1.66. The van der Waals surface area contributed by atoms with E-state index in [-0.39, 0.29) is 0 Å². The lowest BCUT2D eigenvalue weighted by Gasteiger charge is -2.07. The highest BCUT2D eigenvalue weighted by atomic mass is 32.2. The summed E-state index contributed by atoms with van der Waals surface area (Å²) in [7, 11) is 0. The largest absolute Gasteiger partial charge is 0.348 e. The number of hydrogen-bond acceptors (Lipinski definition) is 4. The molecule has 0 aliphatic rings. The maximum Gasteiger partial charge on any atom is 0.292 e. The first-order valence-electron chi connectivity index (χ1n) is 9.52. The number of aryl methyl sites for hydroxylation is 3. The van der Waals surface area contributed by atoms with Gasteiger partial charge in [-0.3, -0.25) is 9.59 Å². The number of para-hydroxylation sites is 1. The van der Waals surface area contributed by atoms with Gasteiger partial charge in [-0.05, 0) is 63.1 Å². The summed E-state index contributed by atoms with van der Waals surface area (Å²) in [6.45, 7) is 8.15. The molecule has 1 N–H and O–H groups in total. The Morgan fingerprint density at radius 1 is 1.00 bits per heavy atom. The Morgan fingerprint density at radius 3 is 2.41 bits per heavy atom. The molecule has 150 valence electrons. The number of amides is 1. The van der Waals surface area contributed by atoms with Gasteiger partial charge >= 0.3 is 0 Å². The number of nitrogens with zero attached hydrogens (tertiary/aromatic N) is 2. The molecule has 0 atom stereocenters. The van der Waals surface area contributed by atoms with Gasteiger partial charge in [-0.25, -0.2) is 4.68 Å². The number of carbonyl (C=O) groups is 2. The van der Waals surface area contributed by atoms with E-state index in [9.17, 15) is 9.59 Å². The highest BCUT2D eigenvalue weighted by Crippen LogP contribution is 2.21. The van der Waals surface area contributed by atoms with Gasteiger partial charge in [-0.1, -0.05) is 24.3 Å². The second-order valence-corrected chi connectivity index (χ2v) is 8.14. The molecule has 1 heterocycles. The molecule has 0 saturated heterocycles. The molecular formula is C23H25N3O2S. The van der Waals surface area contributed by atoms with Crippen molar-refractivity contribution in [1.82, 2.24) is 15.1 Å². The van der Waals surface area contributed by atoms with Gasteiger partial charge in [-0.2, -0.15) is 5.10 Å². The molecule has 3 rings (SSSR count). The van der Waals surface area contributed by atoms with Crippen LogP contribution in [-0.4, -0.2) is 33.8 Å². The third-order valence-corrected chi connectivity index (χ3v) is 5.86. The third kappa shape index (κ3) is 4.77. The van der Waals surface area contributed by atoms with Crippen LogP contribution in [-0.2, 0) is 4.79 Å². The van der Waals surface area contributed by atoms with Crippen LogP contribution in [0.25, 0.3) is 5.69 Å². The Kier molecular flexibility index (Phi) is 6.54. The average Bonchev–Trinajstić information content (AvgIpc) is 3.02. The molecule has 0 spiro atoms. The molecule has 1 aromatic heterocycles. The van der Waals surface area contributed by atoms with Crippen LogP contribution in [0, 0.1) is 27.7 Å². The van der Waals surface area contributed by atoms with E-state index in [2.05, 4.69) is 42.5 Å². The Labute approximate surface area is 175 Å². The number of benzene rings is 2. The van der Waals surface area contributed by atoms with Gasteiger partial charge in [0.25, 0.3) is 11.7 Å². The van der Waals surface area contributed by atoms with E-state index in [4.69, 9.17) is 0 Å². The van der Waals surface area contributed by atoms with Gasteiger partial charge < -0.3 is 5.32 Å². The first-order valence-corrected chi connectivity index (χ1v) is 10.5. The Hall–Kier alpha value is -2.86. The smallest absolute Gasteiger partial charge is 0.292 e. The maximum absolute atomic E-state index is 12.7. The van der Waals surface area contributed by atoms with Crippen LogP contribution in [0.15, 0.2) is 53.4 Å². The number of ketones is 1. The molecule has 0 unspecified atom stereocenters. The van der Waals surface area contributed by atoms with E-state index in [0.29, 0.717) is 29.2 Å². The summed E-state index contributed by atoms with van der Waals surface area (Å²) in [5.74, 6) is -0.439. The maximum atomic E-state index is 12.7. The zero-order valence-electron chi connectivity index (χ0n) is 17.2. The van der Waals surface area contributed by atoms with Crippen LogP contribution in [0.1, 0.15) is 32.9 Å². The van der Waals surface area contributed by atoms with Crippen LogP contribution in [0.2, 0.25) is 0 Å². The van der Waals surface area contributed by atoms with Gasteiger partial charge in [0, 0.05) is 17.2 Å². The van der Waals surface area contributed by atoms with Crippen molar-refractivity contribution in [3.05, 3.63) is 76.6 Å². The number of thioether (sulfide) groups is 1. The molecule has 3 aromatic rings. The van der Waals surface area contributed by atoms with Gasteiger partial charge in [-0.15, -0.1) is 11.8 Å². The molecule has 6 heteroatoms. The normalized spacial score (nSPS) is 10.8. The number of hydrogen-bond donors (Lipinski definition) is 1. The Balaban J connectivity index is 1.61. The summed E-state index contributed by atoms with van der Waals surface area (Å²) in [6.07, 6.45) is 0. The van der Waals surface area contributed by atoms with Crippen LogP contribution in [0.5, 0.6) is 0 Å². The summed E-state index contributed by atoms with van der Waals surface area (Å²) < 4.78 is 1.70. The summed E-state index contributed by atoms with van der Waals surface area (Å²) in [6, 6.07) is 15.9. The Morgan fingerprint density at radius 2 is 1.72 bits per heavy atom. The van der Waals surface area contributed by atoms with Crippen molar-refractivity contribution in [1.29, 1.82) is 0 Å². The number of aromatic nitrogens is 2. The van der Waals surface area contributed by atoms with Crippen molar-refractivity contribution < 1.29 is 9.59 Å². The van der Waals surface area contributed by atoms with E-state index in [1.165, 1.54) is 11.1 Å². The zero-order valence-corrected chi connectivity index (χ0v) is 18.0. The molecular weight excluding hydrogens is 382 g/mol. The molecule has 0 saturated carbocycles. The first-order chi connectivity index (χ1) is 13.9. The van der Waals surface area contributed by atoms with Gasteiger partial charge in [0.2, 0.25) is 0 Å². The summed E-state index contributed by atoms with van der Waals surface area (Å²) in [4.78, 5) is 26.3. The van der Waals surface area contributed by atoms with Crippen LogP contribution < -0.4 is 5.32 Å². The summed E-state index contributed by atoms with van der Waals surface area (Å²) in [5, 5.41) is 7.18. The molecule has 0 aliphatic carbocycles. The van der Waals surface area contributed by atoms with E-state index in [1.807, 2.05) is 37.3 Å². The SMILES string of the molecule is Cc1ccc(SCCNC(=O)C(=O)c2c(C)nn(-c3ccccc3)c2C)cc1C. The van der Waals surface area contributed by atoms with E-state index in [0.717, 1.165) is 10.6 Å². The lowest BCUT2D eigenvalue weighted by molar-refractivity contribution is -0.116. The second-order valence-electron chi connectivity index (χ2n) is 6.97. The predicted octanol–water partition coefficient (Wildman–Crippen LogP) is 4.20. The van der Waals surface area contributed by atoms with Crippen LogP contribution in [0.4, 0.5) is 0 Å². The second kappa shape index (κ2) is 9.09. The van der Waals surface area contributed by atoms with Crippen molar-refractivity contribution in [2.45, 2.75) is 32.6 Å². The minimum atomic E-state index is -0.593. The number of carbonyl (C=O) groups excluding carboxylic acids is 2. The molecule has 29 heavy (non-hydrogen) atoms. The molecule has 2 aromatic carbocycles. The van der Waals surface area contributed by atoms with Gasteiger partial charge in [0.15, 0.2) is 0 Å². The lowest BCUT2D eigenvalue weighted by atomic mass is 10.1. The lowest BCUT2D eigenvalue weighted by Crippen LogP contribution is -2.33. The number of Topliss-reactive ketones (excluding diaryl/α,β-unsaturated/α-hetero) is 1. The van der Waals surface area contributed by atoms with E-state index < -0.39 is 11.7 Å². The fraction of sp³-hybridized carbons (Fsp3) is 0.261. The van der Waals surface area contributed by atoms with Crippen molar-refractivity contribution in [2.75, 3.05) is 12.3 Å². The zero-order chi connectivity index (χ0) is 21.0. The number of rotatable bonds is 7. The van der Waals surface area contributed by atoms with Crippen molar-refractivity contribution >= 4 is 23.5 Å². The van der Waals surface area contributed by atoms with Gasteiger partial charge in [0.1, 0.15) is 0 Å². The molecule has 0 radical (unpaired) electrons. The fourth-order valence-corrected chi connectivity index (χ4v) is 3.99. The minimum Gasteiger partial charge on any atom is -0.348 e. The quantitative estimate of drug-likeness (QED) is 0.276. The monoisotopic (exact) mass is 407 g/mol. The highest BCUT2D eigenvalue weighted by Gasteiger charge is 2.24. The minimum absolute atomic E-state index is 0.369. The predicted molar refractivity (Wildman–Crippen MR) is 117 cm³/mol. The first kappa shape index (κ1) is 20.9. The average molecular weight is 408 g/mol. The van der Waals surface area contributed by atoms with E-state index in [1.54, 1.807) is 23.4 Å².